The number of fused-ring (bicyclic) bond motifs is 7. The molecule has 2 N–H and O–H groups in total. The molecule has 1 unspecified atom stereocenters. The van der Waals surface area contributed by atoms with Gasteiger partial charge in [-0.2, -0.15) is 0 Å². The molecule has 11 heteroatoms. The number of methoxy groups -OCH3 is 1. The molecular weight excluding hydrogens is 596 g/mol. The maximum Gasteiger partial charge on any atom is 0.274 e. The molecule has 2 aromatic heterocycles. The van der Waals surface area contributed by atoms with Gasteiger partial charge in [-0.15, -0.1) is 0 Å². The molecular formula is C34H29ClN4O6. The van der Waals surface area contributed by atoms with Crippen LogP contribution in [0, 0.1) is 0 Å². The predicted octanol–water partition coefficient (Wildman–Crippen LogP) is 5.79. The van der Waals surface area contributed by atoms with Crippen molar-refractivity contribution in [2.75, 3.05) is 26.8 Å². The van der Waals surface area contributed by atoms with E-state index >= 15 is 0 Å². The van der Waals surface area contributed by atoms with Gasteiger partial charge in [-0.1, -0.05) is 23.7 Å². The summed E-state index contributed by atoms with van der Waals surface area (Å²) >= 11 is 6.18. The van der Waals surface area contributed by atoms with Gasteiger partial charge in [-0.25, -0.2) is 4.98 Å². The number of pyridine rings is 1. The van der Waals surface area contributed by atoms with Gasteiger partial charge < -0.3 is 33.9 Å². The SMILES string of the molecule is COc1ccc2cc1OCCCNC(=O)c1cc(ccc1O)Oc1ccc3c(c1)CCN(C(=O)c1cn4cc(Cl)ccc4n1)C23. The molecule has 1 atom stereocenters. The number of rotatable bonds is 2. The number of amides is 2. The van der Waals surface area contributed by atoms with Crippen molar-refractivity contribution < 1.29 is 28.9 Å². The zero-order chi connectivity index (χ0) is 31.1. The summed E-state index contributed by atoms with van der Waals surface area (Å²) in [5, 5.41) is 13.7. The van der Waals surface area contributed by atoms with Crippen LogP contribution in [0.1, 0.15) is 50.0 Å². The lowest BCUT2D eigenvalue weighted by atomic mass is 9.87. The Morgan fingerprint density at radius 3 is 2.78 bits per heavy atom. The van der Waals surface area contributed by atoms with Gasteiger partial charge in [0.15, 0.2) is 11.5 Å². The van der Waals surface area contributed by atoms with Gasteiger partial charge in [0, 0.05) is 25.5 Å². The van der Waals surface area contributed by atoms with Crippen molar-refractivity contribution >= 4 is 29.1 Å². The molecule has 0 aliphatic carbocycles. The highest BCUT2D eigenvalue weighted by Gasteiger charge is 2.34. The third kappa shape index (κ3) is 5.49. The molecule has 0 fully saturated rings. The number of aromatic nitrogens is 2. The van der Waals surface area contributed by atoms with E-state index in [0.29, 0.717) is 71.9 Å². The molecule has 3 aromatic carbocycles. The number of imidazole rings is 1. The fraction of sp³-hybridized carbons (Fsp3) is 0.206. The van der Waals surface area contributed by atoms with Gasteiger partial charge in [0.05, 0.1) is 30.3 Å². The maximum atomic E-state index is 14.1. The van der Waals surface area contributed by atoms with Crippen LogP contribution in [0.25, 0.3) is 5.65 Å². The number of benzene rings is 3. The van der Waals surface area contributed by atoms with Crippen LogP contribution in [-0.2, 0) is 6.42 Å². The van der Waals surface area contributed by atoms with E-state index in [9.17, 15) is 14.7 Å². The number of aromatic hydroxyl groups is 1. The summed E-state index contributed by atoms with van der Waals surface area (Å²) in [6.07, 6.45) is 4.51. The quantitative estimate of drug-likeness (QED) is 0.255. The second kappa shape index (κ2) is 11.7. The summed E-state index contributed by atoms with van der Waals surface area (Å²) < 4.78 is 19.6. The molecule has 5 aromatic rings. The third-order valence-electron chi connectivity index (χ3n) is 8.05. The molecule has 2 amide bonds. The van der Waals surface area contributed by atoms with Crippen LogP contribution < -0.4 is 19.5 Å². The Morgan fingerprint density at radius 1 is 1.07 bits per heavy atom. The number of hydrogen-bond donors (Lipinski definition) is 2. The highest BCUT2D eigenvalue weighted by atomic mass is 35.5. The Balaban J connectivity index is 1.33. The monoisotopic (exact) mass is 624 g/mol. The van der Waals surface area contributed by atoms with E-state index in [0.717, 1.165) is 16.7 Å². The van der Waals surface area contributed by atoms with Crippen LogP contribution in [0.4, 0.5) is 0 Å². The smallest absolute Gasteiger partial charge is 0.274 e. The van der Waals surface area contributed by atoms with Crippen LogP contribution in [0.5, 0.6) is 28.7 Å². The maximum absolute atomic E-state index is 14.1. The number of carbonyl (C=O) groups excluding carboxylic acids is 2. The molecule has 228 valence electrons. The molecule has 0 spiro atoms. The highest BCUT2D eigenvalue weighted by molar-refractivity contribution is 6.30. The number of nitrogens with one attached hydrogen (secondary N) is 1. The topological polar surface area (TPSA) is 115 Å². The van der Waals surface area contributed by atoms with Gasteiger partial charge in [0.1, 0.15) is 28.6 Å². The largest absolute Gasteiger partial charge is 0.507 e. The van der Waals surface area contributed by atoms with Gasteiger partial charge >= 0.3 is 0 Å². The van der Waals surface area contributed by atoms with E-state index in [1.54, 1.807) is 42.1 Å². The summed E-state index contributed by atoms with van der Waals surface area (Å²) in [7, 11) is 1.57. The third-order valence-corrected chi connectivity index (χ3v) is 8.28. The van der Waals surface area contributed by atoms with Gasteiger partial charge in [0.25, 0.3) is 11.8 Å². The number of hydrogen-bond acceptors (Lipinski definition) is 7. The molecule has 45 heavy (non-hydrogen) atoms. The van der Waals surface area contributed by atoms with E-state index in [1.807, 2.05) is 41.3 Å². The van der Waals surface area contributed by atoms with E-state index in [2.05, 4.69) is 10.3 Å². The van der Waals surface area contributed by atoms with Gasteiger partial charge in [0.2, 0.25) is 0 Å². The predicted molar refractivity (Wildman–Crippen MR) is 167 cm³/mol. The number of nitrogens with zero attached hydrogens (tertiary/aromatic N) is 3. The van der Waals surface area contributed by atoms with Crippen molar-refractivity contribution in [2.24, 2.45) is 0 Å². The Labute approximate surface area is 263 Å². The molecule has 10 nitrogen and oxygen atoms in total. The van der Waals surface area contributed by atoms with Crippen LogP contribution in [0.2, 0.25) is 5.02 Å². The summed E-state index contributed by atoms with van der Waals surface area (Å²) in [5.41, 5.74) is 3.86. The van der Waals surface area contributed by atoms with Crippen LogP contribution in [-0.4, -0.2) is 58.0 Å². The number of halogens is 1. The Hall–Kier alpha value is -5.22. The Morgan fingerprint density at radius 2 is 1.91 bits per heavy atom. The highest BCUT2D eigenvalue weighted by Crippen LogP contribution is 2.41. The van der Waals surface area contributed by atoms with Crippen LogP contribution in [0.15, 0.2) is 79.1 Å². The average Bonchev–Trinajstić information content (AvgIpc) is 3.47. The Kier molecular flexibility index (Phi) is 7.42. The molecule has 8 bridgehead atoms. The van der Waals surface area contributed by atoms with Crippen molar-refractivity contribution in [1.29, 1.82) is 0 Å². The lowest BCUT2D eigenvalue weighted by molar-refractivity contribution is 0.0688. The van der Waals surface area contributed by atoms with E-state index in [4.69, 9.17) is 25.8 Å². The number of phenolic OH excluding ortho intramolecular Hbond substituents is 1. The minimum absolute atomic E-state index is 0.116. The second-order valence-electron chi connectivity index (χ2n) is 10.9. The van der Waals surface area contributed by atoms with Crippen molar-refractivity contribution in [3.8, 4) is 28.7 Å². The fourth-order valence-corrected chi connectivity index (χ4v) is 6.05. The molecule has 8 rings (SSSR count). The minimum atomic E-state index is -0.449. The first kappa shape index (κ1) is 28.5. The van der Waals surface area contributed by atoms with Crippen molar-refractivity contribution in [2.45, 2.75) is 18.9 Å². The van der Waals surface area contributed by atoms with E-state index < -0.39 is 11.9 Å². The van der Waals surface area contributed by atoms with E-state index in [-0.39, 0.29) is 17.2 Å². The number of phenols is 1. The average molecular weight is 625 g/mol. The molecule has 0 radical (unpaired) electrons. The summed E-state index contributed by atoms with van der Waals surface area (Å²) in [5.74, 6) is 1.30. The summed E-state index contributed by atoms with van der Waals surface area (Å²) in [4.78, 5) is 33.4. The first-order chi connectivity index (χ1) is 21.9. The second-order valence-corrected chi connectivity index (χ2v) is 11.3. The first-order valence-electron chi connectivity index (χ1n) is 14.6. The van der Waals surface area contributed by atoms with Crippen LogP contribution in [0.3, 0.4) is 0 Å². The van der Waals surface area contributed by atoms with Gasteiger partial charge in [-0.05, 0) is 84.1 Å². The lowest BCUT2D eigenvalue weighted by Gasteiger charge is -2.37. The van der Waals surface area contributed by atoms with E-state index in [1.165, 1.54) is 12.1 Å². The zero-order valence-corrected chi connectivity index (χ0v) is 25.1. The summed E-state index contributed by atoms with van der Waals surface area (Å²) in [6, 6.07) is 19.1. The molecule has 0 saturated heterocycles. The fourth-order valence-electron chi connectivity index (χ4n) is 5.88. The molecule has 5 heterocycles. The minimum Gasteiger partial charge on any atom is -0.507 e. The van der Waals surface area contributed by atoms with Gasteiger partial charge in [-0.3, -0.25) is 9.59 Å². The number of carbonyl (C=O) groups is 2. The number of ether oxygens (including phenoxy) is 3. The normalized spacial score (nSPS) is 16.3. The summed E-state index contributed by atoms with van der Waals surface area (Å²) in [6.45, 7) is 1.05. The van der Waals surface area contributed by atoms with Crippen LogP contribution >= 0.6 is 11.6 Å². The van der Waals surface area contributed by atoms with Crippen molar-refractivity contribution in [1.82, 2.24) is 19.6 Å². The standard InChI is InChI=1S/C34H29ClN4O6/c1-43-29-9-3-21-16-30(29)44-14-2-12-36-33(41)26-17-24(6-8-28(26)40)45-23-5-7-25-20(15-23)11-13-39(32(21)25)34(42)27-19-38-18-22(35)4-10-31(38)37-27/h3-10,15-19,32,40H,2,11-14H2,1H3,(H,36,41). The van der Waals surface area contributed by atoms with Crippen molar-refractivity contribution in [3.63, 3.8) is 0 Å². The first-order valence-corrected chi connectivity index (χ1v) is 14.9. The zero-order valence-electron chi connectivity index (χ0n) is 24.3. The molecule has 3 aliphatic heterocycles. The Bertz CT molecular complexity index is 1960. The molecule has 3 aliphatic rings. The lowest BCUT2D eigenvalue weighted by Crippen LogP contribution is -2.40. The van der Waals surface area contributed by atoms with Crippen molar-refractivity contribution in [3.05, 3.63) is 112 Å². The molecule has 0 saturated carbocycles.